The molecule has 1 heterocycles. The lowest BCUT2D eigenvalue weighted by molar-refractivity contribution is -0.129. The van der Waals surface area contributed by atoms with Gasteiger partial charge in [-0.3, -0.25) is 5.43 Å². The molecule has 0 saturated heterocycles. The summed E-state index contributed by atoms with van der Waals surface area (Å²) >= 11 is 1.28. The monoisotopic (exact) mass is 292 g/mol. The number of hydrazone groups is 1. The lowest BCUT2D eigenvalue weighted by Crippen LogP contribution is -2.10. The number of hydrogen-bond donors (Lipinski definition) is 2. The number of anilines is 1. The molecule has 0 atom stereocenters. The number of aliphatic carboxylic acids is 1. The van der Waals surface area contributed by atoms with Gasteiger partial charge < -0.3 is 9.84 Å². The van der Waals surface area contributed by atoms with Gasteiger partial charge in [-0.25, -0.2) is 4.79 Å². The third kappa shape index (κ3) is 3.29. The quantitative estimate of drug-likeness (QED) is 0.647. The summed E-state index contributed by atoms with van der Waals surface area (Å²) in [7, 11) is 1.60. The molecule has 0 unspecified atom stereocenters. The van der Waals surface area contributed by atoms with Gasteiger partial charge in [0.05, 0.1) is 7.11 Å². The van der Waals surface area contributed by atoms with Crippen LogP contribution >= 0.6 is 11.3 Å². The molecule has 7 nitrogen and oxygen atoms in total. The Hall–Kier alpha value is -2.48. The summed E-state index contributed by atoms with van der Waals surface area (Å²) in [6.07, 6.45) is 0. The number of carboxylic acid groups (broad SMARTS) is 1. The summed E-state index contributed by atoms with van der Waals surface area (Å²) in [5.41, 5.74) is 3.41. The van der Waals surface area contributed by atoms with Gasteiger partial charge in [0.2, 0.25) is 5.13 Å². The maximum Gasteiger partial charge on any atom is 0.351 e. The molecule has 104 valence electrons. The summed E-state index contributed by atoms with van der Waals surface area (Å²) in [4.78, 5) is 10.6. The second-order valence-corrected chi connectivity index (χ2v) is 4.73. The van der Waals surface area contributed by atoms with Crippen molar-refractivity contribution in [2.75, 3.05) is 12.5 Å². The first-order chi connectivity index (χ1) is 9.60. The van der Waals surface area contributed by atoms with Crippen molar-refractivity contribution in [1.29, 1.82) is 0 Å². The van der Waals surface area contributed by atoms with Crippen LogP contribution in [-0.2, 0) is 4.79 Å². The zero-order chi connectivity index (χ0) is 14.5. The maximum atomic E-state index is 10.6. The van der Waals surface area contributed by atoms with Gasteiger partial charge in [0.1, 0.15) is 16.5 Å². The minimum atomic E-state index is -1.09. The SMILES string of the molecule is COc1ccc(-c2nnc(N/N=C(\C)C(=O)O)s2)cc1. The fourth-order valence-corrected chi connectivity index (χ4v) is 1.99. The normalized spacial score (nSPS) is 11.2. The Morgan fingerprint density at radius 1 is 1.35 bits per heavy atom. The van der Waals surface area contributed by atoms with E-state index in [9.17, 15) is 4.79 Å². The van der Waals surface area contributed by atoms with E-state index in [1.54, 1.807) is 7.11 Å². The molecule has 2 N–H and O–H groups in total. The number of benzene rings is 1. The van der Waals surface area contributed by atoms with Crippen LogP contribution in [0.25, 0.3) is 10.6 Å². The lowest BCUT2D eigenvalue weighted by Gasteiger charge is -1.99. The molecular formula is C12H12N4O3S. The molecule has 0 amide bonds. The molecule has 2 aromatic rings. The van der Waals surface area contributed by atoms with Gasteiger partial charge in [-0.1, -0.05) is 11.3 Å². The minimum absolute atomic E-state index is 0.0498. The molecule has 0 aliphatic rings. The van der Waals surface area contributed by atoms with Gasteiger partial charge in [0, 0.05) is 5.56 Å². The fourth-order valence-electron chi connectivity index (χ4n) is 1.30. The zero-order valence-corrected chi connectivity index (χ0v) is 11.6. The summed E-state index contributed by atoms with van der Waals surface area (Å²) in [5, 5.41) is 21.4. The largest absolute Gasteiger partial charge is 0.497 e. The molecule has 1 aromatic carbocycles. The van der Waals surface area contributed by atoms with Gasteiger partial charge in [0.25, 0.3) is 0 Å². The van der Waals surface area contributed by atoms with Crippen molar-refractivity contribution in [3.8, 4) is 16.3 Å². The van der Waals surface area contributed by atoms with Gasteiger partial charge in [-0.15, -0.1) is 10.2 Å². The van der Waals surface area contributed by atoms with Gasteiger partial charge in [-0.05, 0) is 31.2 Å². The predicted molar refractivity (Wildman–Crippen MR) is 76.3 cm³/mol. The van der Waals surface area contributed by atoms with Gasteiger partial charge in [0.15, 0.2) is 0 Å². The van der Waals surface area contributed by atoms with Crippen molar-refractivity contribution in [3.05, 3.63) is 24.3 Å². The van der Waals surface area contributed by atoms with Crippen LogP contribution in [0.3, 0.4) is 0 Å². The first-order valence-corrected chi connectivity index (χ1v) is 6.43. The Kier molecular flexibility index (Phi) is 4.26. The van der Waals surface area contributed by atoms with Crippen LogP contribution in [0.1, 0.15) is 6.92 Å². The van der Waals surface area contributed by atoms with Crippen LogP contribution in [0.4, 0.5) is 5.13 Å². The first-order valence-electron chi connectivity index (χ1n) is 5.61. The molecule has 0 fully saturated rings. The molecule has 2 rings (SSSR count). The van der Waals surface area contributed by atoms with Gasteiger partial charge in [-0.2, -0.15) is 5.10 Å². The van der Waals surface area contributed by atoms with Crippen LogP contribution in [-0.4, -0.2) is 34.1 Å². The number of ether oxygens (including phenoxy) is 1. The van der Waals surface area contributed by atoms with Crippen LogP contribution in [0.5, 0.6) is 5.75 Å². The van der Waals surface area contributed by atoms with E-state index in [2.05, 4.69) is 20.7 Å². The molecular weight excluding hydrogens is 280 g/mol. The van der Waals surface area contributed by atoms with E-state index in [0.717, 1.165) is 11.3 Å². The Morgan fingerprint density at radius 2 is 2.05 bits per heavy atom. The van der Waals surface area contributed by atoms with E-state index in [0.29, 0.717) is 10.1 Å². The van der Waals surface area contributed by atoms with Gasteiger partial charge >= 0.3 is 5.97 Å². The van der Waals surface area contributed by atoms with Crippen LogP contribution in [0, 0.1) is 0 Å². The Labute approximate surface area is 118 Å². The topological polar surface area (TPSA) is 96.7 Å². The van der Waals surface area contributed by atoms with Crippen molar-refractivity contribution >= 4 is 28.1 Å². The predicted octanol–water partition coefficient (Wildman–Crippen LogP) is 2.09. The van der Waals surface area contributed by atoms with E-state index >= 15 is 0 Å². The molecule has 0 saturated carbocycles. The summed E-state index contributed by atoms with van der Waals surface area (Å²) in [6.45, 7) is 1.39. The summed E-state index contributed by atoms with van der Waals surface area (Å²) in [6, 6.07) is 7.40. The molecule has 1 aromatic heterocycles. The highest BCUT2D eigenvalue weighted by Gasteiger charge is 2.07. The maximum absolute atomic E-state index is 10.6. The number of nitrogens with zero attached hydrogens (tertiary/aromatic N) is 3. The number of hydrogen-bond acceptors (Lipinski definition) is 7. The Bertz CT molecular complexity index is 636. The highest BCUT2D eigenvalue weighted by atomic mass is 32.1. The molecule has 8 heteroatoms. The second kappa shape index (κ2) is 6.11. The van der Waals surface area contributed by atoms with Crippen LogP contribution in [0.15, 0.2) is 29.4 Å². The molecule has 0 spiro atoms. The standard InChI is InChI=1S/C12H12N4O3S/c1-7(11(17)18)13-15-12-16-14-10(20-12)8-3-5-9(19-2)6-4-8/h3-6H,1-2H3,(H,15,16)(H,17,18)/b13-7+. The zero-order valence-electron chi connectivity index (χ0n) is 10.8. The van der Waals surface area contributed by atoms with E-state index in [1.807, 2.05) is 24.3 Å². The Balaban J connectivity index is 2.12. The molecule has 0 aliphatic carbocycles. The highest BCUT2D eigenvalue weighted by molar-refractivity contribution is 7.18. The molecule has 0 aliphatic heterocycles. The van der Waals surface area contributed by atoms with Crippen molar-refractivity contribution in [2.45, 2.75) is 6.92 Å². The average Bonchev–Trinajstić information content (AvgIpc) is 2.93. The average molecular weight is 292 g/mol. The first kappa shape index (κ1) is 13.9. The number of methoxy groups -OCH3 is 1. The molecule has 20 heavy (non-hydrogen) atoms. The van der Waals surface area contributed by atoms with Crippen molar-refractivity contribution in [3.63, 3.8) is 0 Å². The van der Waals surface area contributed by atoms with Crippen molar-refractivity contribution in [2.24, 2.45) is 5.10 Å². The van der Waals surface area contributed by atoms with Crippen molar-refractivity contribution < 1.29 is 14.6 Å². The number of nitrogens with one attached hydrogen (secondary N) is 1. The smallest absolute Gasteiger partial charge is 0.351 e. The second-order valence-electron chi connectivity index (χ2n) is 3.76. The third-order valence-corrected chi connectivity index (χ3v) is 3.27. The molecule has 0 bridgehead atoms. The van der Waals surface area contributed by atoms with E-state index in [-0.39, 0.29) is 5.71 Å². The van der Waals surface area contributed by atoms with Crippen LogP contribution in [0.2, 0.25) is 0 Å². The minimum Gasteiger partial charge on any atom is -0.497 e. The fraction of sp³-hybridized carbons (Fsp3) is 0.167. The molecule has 0 radical (unpaired) electrons. The van der Waals surface area contributed by atoms with Crippen molar-refractivity contribution in [1.82, 2.24) is 10.2 Å². The number of aromatic nitrogens is 2. The number of rotatable bonds is 5. The third-order valence-electron chi connectivity index (χ3n) is 2.39. The lowest BCUT2D eigenvalue weighted by atomic mass is 10.2. The number of carbonyl (C=O) groups is 1. The summed E-state index contributed by atoms with van der Waals surface area (Å²) < 4.78 is 5.08. The van der Waals surface area contributed by atoms with E-state index in [1.165, 1.54) is 18.3 Å². The summed E-state index contributed by atoms with van der Waals surface area (Å²) in [5.74, 6) is -0.323. The van der Waals surface area contributed by atoms with E-state index in [4.69, 9.17) is 9.84 Å². The van der Waals surface area contributed by atoms with Crippen LogP contribution < -0.4 is 10.2 Å². The Morgan fingerprint density at radius 3 is 2.65 bits per heavy atom. The highest BCUT2D eigenvalue weighted by Crippen LogP contribution is 2.27. The number of carboxylic acids is 1. The van der Waals surface area contributed by atoms with E-state index < -0.39 is 5.97 Å².